The molecular formula is C21H26N2O3. The van der Waals surface area contributed by atoms with Crippen LogP contribution in [0.2, 0.25) is 0 Å². The number of ether oxygens (including phenoxy) is 2. The van der Waals surface area contributed by atoms with Gasteiger partial charge in [-0.1, -0.05) is 25.1 Å². The summed E-state index contributed by atoms with van der Waals surface area (Å²) in [5.74, 6) is 1.53. The van der Waals surface area contributed by atoms with Gasteiger partial charge in [0.25, 0.3) is 5.91 Å². The van der Waals surface area contributed by atoms with Gasteiger partial charge >= 0.3 is 0 Å². The third kappa shape index (κ3) is 4.28. The van der Waals surface area contributed by atoms with Crippen LogP contribution in [-0.4, -0.2) is 50.2 Å². The monoisotopic (exact) mass is 354 g/mol. The Morgan fingerprint density at radius 3 is 2.15 bits per heavy atom. The zero-order valence-corrected chi connectivity index (χ0v) is 15.4. The molecule has 0 radical (unpaired) electrons. The summed E-state index contributed by atoms with van der Waals surface area (Å²) in [5.41, 5.74) is 1.21. The highest BCUT2D eigenvalue weighted by Crippen LogP contribution is 2.21. The Kier molecular flexibility index (Phi) is 6.00. The van der Waals surface area contributed by atoms with Crippen molar-refractivity contribution in [1.29, 1.82) is 0 Å². The second-order valence-corrected chi connectivity index (χ2v) is 6.34. The molecular weight excluding hydrogens is 328 g/mol. The van der Waals surface area contributed by atoms with Crippen LogP contribution in [-0.2, 0) is 4.79 Å². The SMILES string of the molecule is CCC(Oc1ccc(OC)cc1)C(=O)N1CCN(c2ccccc2)CC1. The summed E-state index contributed by atoms with van der Waals surface area (Å²) in [6.45, 7) is 5.10. The Morgan fingerprint density at radius 2 is 1.58 bits per heavy atom. The molecule has 0 spiro atoms. The van der Waals surface area contributed by atoms with Crippen LogP contribution >= 0.6 is 0 Å². The molecule has 0 aliphatic carbocycles. The summed E-state index contributed by atoms with van der Waals surface area (Å²) in [4.78, 5) is 17.1. The van der Waals surface area contributed by atoms with Gasteiger partial charge in [-0.05, 0) is 42.8 Å². The van der Waals surface area contributed by atoms with Crippen molar-refractivity contribution in [2.45, 2.75) is 19.4 Å². The number of anilines is 1. The summed E-state index contributed by atoms with van der Waals surface area (Å²) in [6, 6.07) is 17.7. The minimum atomic E-state index is -0.452. The molecule has 1 aliphatic heterocycles. The lowest BCUT2D eigenvalue weighted by atomic mass is 10.2. The maximum Gasteiger partial charge on any atom is 0.263 e. The highest BCUT2D eigenvalue weighted by molar-refractivity contribution is 5.81. The van der Waals surface area contributed by atoms with Crippen molar-refractivity contribution >= 4 is 11.6 Å². The second kappa shape index (κ2) is 8.61. The van der Waals surface area contributed by atoms with Gasteiger partial charge in [0.15, 0.2) is 6.10 Å². The van der Waals surface area contributed by atoms with Gasteiger partial charge in [-0.15, -0.1) is 0 Å². The van der Waals surface area contributed by atoms with Crippen LogP contribution in [0.25, 0.3) is 0 Å². The fraction of sp³-hybridized carbons (Fsp3) is 0.381. The number of rotatable bonds is 6. The molecule has 0 N–H and O–H groups in total. The topological polar surface area (TPSA) is 42.0 Å². The van der Waals surface area contributed by atoms with E-state index in [0.29, 0.717) is 12.2 Å². The fourth-order valence-electron chi connectivity index (χ4n) is 3.15. The van der Waals surface area contributed by atoms with Gasteiger partial charge in [0.05, 0.1) is 7.11 Å². The molecule has 1 atom stereocenters. The van der Waals surface area contributed by atoms with Gasteiger partial charge in [-0.25, -0.2) is 0 Å². The third-order valence-electron chi connectivity index (χ3n) is 4.70. The lowest BCUT2D eigenvalue weighted by molar-refractivity contribution is -0.139. The number of amides is 1. The molecule has 1 aliphatic rings. The maximum absolute atomic E-state index is 12.9. The number of carbonyl (C=O) groups excluding carboxylic acids is 1. The van der Waals surface area contributed by atoms with Crippen molar-refractivity contribution < 1.29 is 14.3 Å². The zero-order chi connectivity index (χ0) is 18.4. The van der Waals surface area contributed by atoms with Crippen LogP contribution in [0.5, 0.6) is 11.5 Å². The quantitative estimate of drug-likeness (QED) is 0.799. The Morgan fingerprint density at radius 1 is 0.962 bits per heavy atom. The number of methoxy groups -OCH3 is 1. The van der Waals surface area contributed by atoms with E-state index in [2.05, 4.69) is 17.0 Å². The van der Waals surface area contributed by atoms with Gasteiger partial charge < -0.3 is 19.3 Å². The standard InChI is InChI=1S/C21H26N2O3/c1-3-20(26-19-11-9-18(25-2)10-12-19)21(24)23-15-13-22(14-16-23)17-7-5-4-6-8-17/h4-12,20H,3,13-16H2,1-2H3. The van der Waals surface area contributed by atoms with Gasteiger partial charge in [0.1, 0.15) is 11.5 Å². The molecule has 5 nitrogen and oxygen atoms in total. The van der Waals surface area contributed by atoms with Crippen LogP contribution in [0.4, 0.5) is 5.69 Å². The lowest BCUT2D eigenvalue weighted by Gasteiger charge is -2.37. The summed E-state index contributed by atoms with van der Waals surface area (Å²) in [7, 11) is 1.63. The summed E-state index contributed by atoms with van der Waals surface area (Å²) < 4.78 is 11.1. The Bertz CT molecular complexity index is 695. The van der Waals surface area contributed by atoms with Gasteiger partial charge in [-0.2, -0.15) is 0 Å². The minimum Gasteiger partial charge on any atom is -0.497 e. The largest absolute Gasteiger partial charge is 0.497 e. The van der Waals surface area contributed by atoms with Crippen LogP contribution in [0.15, 0.2) is 54.6 Å². The Hall–Kier alpha value is -2.69. The fourth-order valence-corrected chi connectivity index (χ4v) is 3.15. The number of nitrogens with zero attached hydrogens (tertiary/aromatic N) is 2. The highest BCUT2D eigenvalue weighted by atomic mass is 16.5. The van der Waals surface area contributed by atoms with E-state index >= 15 is 0 Å². The van der Waals surface area contributed by atoms with E-state index in [-0.39, 0.29) is 5.91 Å². The first kappa shape index (κ1) is 18.1. The molecule has 2 aromatic rings. The van der Waals surface area contributed by atoms with Crippen molar-refractivity contribution in [2.75, 3.05) is 38.2 Å². The average molecular weight is 354 g/mol. The van der Waals surface area contributed by atoms with Crippen LogP contribution in [0, 0.1) is 0 Å². The number of benzene rings is 2. The molecule has 0 saturated carbocycles. The van der Waals surface area contributed by atoms with Crippen molar-refractivity contribution in [3.63, 3.8) is 0 Å². The maximum atomic E-state index is 12.9. The molecule has 1 fully saturated rings. The molecule has 1 heterocycles. The van der Waals surface area contributed by atoms with Gasteiger partial charge in [0.2, 0.25) is 0 Å². The van der Waals surface area contributed by atoms with E-state index in [1.807, 2.05) is 54.3 Å². The van der Waals surface area contributed by atoms with Crippen LogP contribution in [0.1, 0.15) is 13.3 Å². The van der Waals surface area contributed by atoms with E-state index in [4.69, 9.17) is 9.47 Å². The Labute approximate surface area is 155 Å². The molecule has 2 aromatic carbocycles. The number of para-hydroxylation sites is 1. The number of piperazine rings is 1. The minimum absolute atomic E-state index is 0.0658. The summed E-state index contributed by atoms with van der Waals surface area (Å²) in [6.07, 6.45) is 0.190. The van der Waals surface area contributed by atoms with Crippen molar-refractivity contribution in [3.05, 3.63) is 54.6 Å². The normalized spacial score (nSPS) is 15.5. The first-order valence-electron chi connectivity index (χ1n) is 9.10. The first-order chi connectivity index (χ1) is 12.7. The summed E-state index contributed by atoms with van der Waals surface area (Å²) >= 11 is 0. The molecule has 0 bridgehead atoms. The zero-order valence-electron chi connectivity index (χ0n) is 15.4. The first-order valence-corrected chi connectivity index (χ1v) is 9.10. The van der Waals surface area contributed by atoms with Crippen molar-refractivity contribution in [1.82, 2.24) is 4.90 Å². The van der Waals surface area contributed by atoms with Crippen LogP contribution < -0.4 is 14.4 Å². The van der Waals surface area contributed by atoms with E-state index in [1.54, 1.807) is 7.11 Å². The van der Waals surface area contributed by atoms with E-state index in [0.717, 1.165) is 31.9 Å². The van der Waals surface area contributed by atoms with E-state index in [9.17, 15) is 4.79 Å². The second-order valence-electron chi connectivity index (χ2n) is 6.34. The number of hydrogen-bond acceptors (Lipinski definition) is 4. The smallest absolute Gasteiger partial charge is 0.263 e. The van der Waals surface area contributed by atoms with E-state index in [1.165, 1.54) is 5.69 Å². The van der Waals surface area contributed by atoms with Crippen molar-refractivity contribution in [2.24, 2.45) is 0 Å². The predicted molar refractivity (Wildman–Crippen MR) is 103 cm³/mol. The van der Waals surface area contributed by atoms with Crippen molar-refractivity contribution in [3.8, 4) is 11.5 Å². The third-order valence-corrected chi connectivity index (χ3v) is 4.70. The van der Waals surface area contributed by atoms with E-state index < -0.39 is 6.10 Å². The highest BCUT2D eigenvalue weighted by Gasteiger charge is 2.27. The molecule has 5 heteroatoms. The molecule has 3 rings (SSSR count). The number of hydrogen-bond donors (Lipinski definition) is 0. The predicted octanol–water partition coefficient (Wildman–Crippen LogP) is 3.20. The molecule has 138 valence electrons. The van der Waals surface area contributed by atoms with Gasteiger partial charge in [0, 0.05) is 31.9 Å². The lowest BCUT2D eigenvalue weighted by Crippen LogP contribution is -2.52. The van der Waals surface area contributed by atoms with Gasteiger partial charge in [-0.3, -0.25) is 4.79 Å². The number of carbonyl (C=O) groups is 1. The molecule has 1 amide bonds. The summed E-state index contributed by atoms with van der Waals surface area (Å²) in [5, 5.41) is 0. The Balaban J connectivity index is 1.57. The molecule has 0 aromatic heterocycles. The molecule has 1 unspecified atom stereocenters. The average Bonchev–Trinajstić information content (AvgIpc) is 2.72. The van der Waals surface area contributed by atoms with Crippen LogP contribution in [0.3, 0.4) is 0 Å². The molecule has 26 heavy (non-hydrogen) atoms. The molecule has 1 saturated heterocycles.